The van der Waals surface area contributed by atoms with Crippen molar-refractivity contribution < 1.29 is 19.1 Å². The number of hydrogen-bond donors (Lipinski definition) is 2. The van der Waals surface area contributed by atoms with Crippen molar-refractivity contribution in [1.29, 1.82) is 0 Å². The van der Waals surface area contributed by atoms with Crippen molar-refractivity contribution in [3.63, 3.8) is 0 Å². The molecule has 6 nitrogen and oxygen atoms in total. The van der Waals surface area contributed by atoms with Crippen LogP contribution >= 0.6 is 0 Å². The smallest absolute Gasteiger partial charge is 0.255 e. The molecule has 3 rings (SSSR count). The molecule has 6 heteroatoms. The summed E-state index contributed by atoms with van der Waals surface area (Å²) in [5.41, 5.74) is 1.18. The molecule has 0 radical (unpaired) electrons. The molecule has 1 aromatic carbocycles. The first-order valence-electron chi connectivity index (χ1n) is 7.46. The van der Waals surface area contributed by atoms with Crippen LogP contribution in [0.5, 0.6) is 0 Å². The first-order chi connectivity index (χ1) is 10.7. The van der Waals surface area contributed by atoms with E-state index in [1.807, 2.05) is 24.3 Å². The van der Waals surface area contributed by atoms with E-state index in [0.717, 1.165) is 18.5 Å². The van der Waals surface area contributed by atoms with E-state index in [4.69, 9.17) is 9.15 Å². The zero-order valence-electron chi connectivity index (χ0n) is 12.3. The number of nitrogens with zero attached hydrogens (tertiary/aromatic N) is 1. The van der Waals surface area contributed by atoms with Gasteiger partial charge in [0.15, 0.2) is 0 Å². The Bertz CT molecular complexity index is 634. The van der Waals surface area contributed by atoms with E-state index in [0.29, 0.717) is 30.9 Å². The normalized spacial score (nSPS) is 17.5. The van der Waals surface area contributed by atoms with Crippen LogP contribution in [0.2, 0.25) is 0 Å². The van der Waals surface area contributed by atoms with E-state index in [-0.39, 0.29) is 12.5 Å². The summed E-state index contributed by atoms with van der Waals surface area (Å²) in [5.74, 6) is -0.231. The number of aliphatic hydroxyl groups excluding tert-OH is 1. The minimum atomic E-state index is -0.597. The third-order valence-electron chi connectivity index (χ3n) is 3.80. The van der Waals surface area contributed by atoms with E-state index in [1.54, 1.807) is 0 Å². The molecule has 1 unspecified atom stereocenters. The molecule has 118 valence electrons. The van der Waals surface area contributed by atoms with Gasteiger partial charge in [-0.3, -0.25) is 9.69 Å². The zero-order valence-corrected chi connectivity index (χ0v) is 12.3. The lowest BCUT2D eigenvalue weighted by Gasteiger charge is -2.28. The molecule has 22 heavy (non-hydrogen) atoms. The van der Waals surface area contributed by atoms with Crippen molar-refractivity contribution in [2.75, 3.05) is 39.4 Å². The van der Waals surface area contributed by atoms with Crippen molar-refractivity contribution >= 4 is 16.9 Å². The minimum Gasteiger partial charge on any atom is -0.463 e. The van der Waals surface area contributed by atoms with Crippen molar-refractivity contribution in [2.45, 2.75) is 6.10 Å². The number of hydrogen-bond acceptors (Lipinski definition) is 5. The third kappa shape index (κ3) is 3.47. The lowest BCUT2D eigenvalue weighted by molar-refractivity contribution is 0.0149. The lowest BCUT2D eigenvalue weighted by Crippen LogP contribution is -2.44. The highest BCUT2D eigenvalue weighted by Gasteiger charge is 2.17. The number of para-hydroxylation sites is 1. The molecule has 1 atom stereocenters. The van der Waals surface area contributed by atoms with Crippen molar-refractivity contribution in [3.05, 3.63) is 36.1 Å². The van der Waals surface area contributed by atoms with Gasteiger partial charge in [-0.05, 0) is 6.07 Å². The first-order valence-corrected chi connectivity index (χ1v) is 7.46. The van der Waals surface area contributed by atoms with Crippen LogP contribution in [-0.2, 0) is 4.74 Å². The maximum absolute atomic E-state index is 12.2. The lowest BCUT2D eigenvalue weighted by atomic mass is 10.1. The van der Waals surface area contributed by atoms with Gasteiger partial charge in [0.1, 0.15) is 11.8 Å². The number of carbonyl (C=O) groups excluding carboxylic acids is 1. The topological polar surface area (TPSA) is 74.9 Å². The number of morpholine rings is 1. The number of carbonyl (C=O) groups is 1. The first kappa shape index (κ1) is 15.0. The van der Waals surface area contributed by atoms with Gasteiger partial charge in [-0.25, -0.2) is 0 Å². The number of amides is 1. The summed E-state index contributed by atoms with van der Waals surface area (Å²) < 4.78 is 10.6. The number of fused-ring (bicyclic) bond motifs is 1. The Morgan fingerprint density at radius 3 is 2.91 bits per heavy atom. The molecule has 1 aliphatic heterocycles. The number of furan rings is 1. The third-order valence-corrected chi connectivity index (χ3v) is 3.80. The molecular formula is C16H20N2O4. The van der Waals surface area contributed by atoms with Crippen LogP contribution in [0, 0.1) is 0 Å². The average molecular weight is 304 g/mol. The van der Waals surface area contributed by atoms with Gasteiger partial charge in [-0.1, -0.05) is 18.2 Å². The second-order valence-electron chi connectivity index (χ2n) is 5.42. The second-order valence-corrected chi connectivity index (χ2v) is 5.42. The molecule has 2 aromatic rings. The standard InChI is InChI=1S/C16H20N2O4/c19-12(10-18-5-7-21-8-6-18)9-17-16(20)14-11-22-15-4-2-1-3-13(14)15/h1-4,11-12,19H,5-10H2,(H,17,20). The zero-order chi connectivity index (χ0) is 15.4. The maximum Gasteiger partial charge on any atom is 0.255 e. The van der Waals surface area contributed by atoms with E-state index in [1.165, 1.54) is 6.26 Å². The summed E-state index contributed by atoms with van der Waals surface area (Å²) in [6.45, 7) is 3.78. The maximum atomic E-state index is 12.2. The molecule has 1 amide bonds. The molecule has 2 heterocycles. The molecule has 1 aromatic heterocycles. The fourth-order valence-corrected chi connectivity index (χ4v) is 2.61. The summed E-state index contributed by atoms with van der Waals surface area (Å²) in [6, 6.07) is 7.39. The van der Waals surface area contributed by atoms with Crippen LogP contribution in [0.4, 0.5) is 0 Å². The average Bonchev–Trinajstić information content (AvgIpc) is 2.98. The fourth-order valence-electron chi connectivity index (χ4n) is 2.61. The Morgan fingerprint density at radius 1 is 1.32 bits per heavy atom. The summed E-state index contributed by atoms with van der Waals surface area (Å²) in [4.78, 5) is 14.3. The van der Waals surface area contributed by atoms with Crippen LogP contribution in [0.1, 0.15) is 10.4 Å². The predicted octanol–water partition coefficient (Wildman–Crippen LogP) is 0.856. The predicted molar refractivity (Wildman–Crippen MR) is 81.8 cm³/mol. The number of nitrogens with one attached hydrogen (secondary N) is 1. The van der Waals surface area contributed by atoms with Crippen LogP contribution in [0.15, 0.2) is 34.9 Å². The van der Waals surface area contributed by atoms with E-state index in [9.17, 15) is 9.90 Å². The number of benzene rings is 1. The van der Waals surface area contributed by atoms with Gasteiger partial charge in [0.2, 0.25) is 0 Å². The molecule has 1 fully saturated rings. The van der Waals surface area contributed by atoms with Crippen LogP contribution in [-0.4, -0.2) is 61.4 Å². The molecule has 0 saturated carbocycles. The SMILES string of the molecule is O=C(NCC(O)CN1CCOCC1)c1coc2ccccc12. The van der Waals surface area contributed by atoms with E-state index < -0.39 is 6.10 Å². The van der Waals surface area contributed by atoms with Crippen molar-refractivity contribution in [3.8, 4) is 0 Å². The molecule has 1 saturated heterocycles. The monoisotopic (exact) mass is 304 g/mol. The van der Waals surface area contributed by atoms with Gasteiger partial charge in [-0.15, -0.1) is 0 Å². The highest BCUT2D eigenvalue weighted by molar-refractivity contribution is 6.05. The Kier molecular flexibility index (Phi) is 4.72. The van der Waals surface area contributed by atoms with Crippen LogP contribution in [0.3, 0.4) is 0 Å². The summed E-state index contributed by atoms with van der Waals surface area (Å²) in [5, 5.41) is 13.6. The largest absolute Gasteiger partial charge is 0.463 e. The van der Waals surface area contributed by atoms with Gasteiger partial charge >= 0.3 is 0 Å². The van der Waals surface area contributed by atoms with Gasteiger partial charge in [0.25, 0.3) is 5.91 Å². The summed E-state index contributed by atoms with van der Waals surface area (Å²) in [6.07, 6.45) is 0.856. The number of β-amino-alcohol motifs (C(OH)–C–C–N with tert-alkyl or cyclic N) is 1. The molecule has 0 bridgehead atoms. The van der Waals surface area contributed by atoms with Crippen molar-refractivity contribution in [1.82, 2.24) is 10.2 Å². The van der Waals surface area contributed by atoms with Gasteiger partial charge in [0.05, 0.1) is 24.9 Å². The minimum absolute atomic E-state index is 0.218. The van der Waals surface area contributed by atoms with E-state index >= 15 is 0 Å². The van der Waals surface area contributed by atoms with E-state index in [2.05, 4.69) is 10.2 Å². The number of aliphatic hydroxyl groups is 1. The fraction of sp³-hybridized carbons (Fsp3) is 0.438. The molecule has 0 spiro atoms. The molecule has 0 aliphatic carbocycles. The molecule has 1 aliphatic rings. The Balaban J connectivity index is 1.53. The van der Waals surface area contributed by atoms with Crippen LogP contribution in [0.25, 0.3) is 11.0 Å². The second kappa shape index (κ2) is 6.91. The Labute approximate surface area is 128 Å². The van der Waals surface area contributed by atoms with Gasteiger partial charge in [0, 0.05) is 31.6 Å². The number of ether oxygens (including phenoxy) is 1. The van der Waals surface area contributed by atoms with Crippen molar-refractivity contribution in [2.24, 2.45) is 0 Å². The van der Waals surface area contributed by atoms with Gasteiger partial charge in [-0.2, -0.15) is 0 Å². The number of rotatable bonds is 5. The summed E-state index contributed by atoms with van der Waals surface area (Å²) >= 11 is 0. The highest BCUT2D eigenvalue weighted by Crippen LogP contribution is 2.20. The molecule has 2 N–H and O–H groups in total. The highest BCUT2D eigenvalue weighted by atomic mass is 16.5. The quantitative estimate of drug-likeness (QED) is 0.857. The Hall–Kier alpha value is -1.89. The Morgan fingerprint density at radius 2 is 2.09 bits per heavy atom. The molecular weight excluding hydrogens is 284 g/mol. The van der Waals surface area contributed by atoms with Crippen LogP contribution < -0.4 is 5.32 Å². The van der Waals surface area contributed by atoms with Gasteiger partial charge < -0.3 is 19.6 Å². The summed E-state index contributed by atoms with van der Waals surface area (Å²) in [7, 11) is 0.